The number of hydrogen-bond acceptors (Lipinski definition) is 2. The van der Waals surface area contributed by atoms with Crippen molar-refractivity contribution in [3.63, 3.8) is 0 Å². The topological polar surface area (TPSA) is 9.23 Å². The smallest absolute Gasteiger partial charge is 0.104 e. The van der Waals surface area contributed by atoms with Crippen LogP contribution in [0.15, 0.2) is 17.1 Å². The lowest BCUT2D eigenvalue weighted by atomic mass is 10.0. The van der Waals surface area contributed by atoms with Crippen molar-refractivity contribution in [1.29, 1.82) is 0 Å². The van der Waals surface area contributed by atoms with Gasteiger partial charge in [0, 0.05) is 0 Å². The van der Waals surface area contributed by atoms with Gasteiger partial charge in [-0.15, -0.1) is 11.8 Å². The summed E-state index contributed by atoms with van der Waals surface area (Å²) in [5, 5.41) is 2.25. The van der Waals surface area contributed by atoms with E-state index in [1.807, 2.05) is 11.8 Å². The molecule has 0 spiro atoms. The average molecular weight is 181 g/mol. The van der Waals surface area contributed by atoms with E-state index in [-0.39, 0.29) is 6.10 Å². The van der Waals surface area contributed by atoms with Crippen LogP contribution in [-0.4, -0.2) is 18.5 Å². The first-order valence-corrected chi connectivity index (χ1v) is 5.51. The molecule has 0 amide bonds. The van der Waals surface area contributed by atoms with Crippen molar-refractivity contribution in [3.05, 3.63) is 23.1 Å². The summed E-state index contributed by atoms with van der Waals surface area (Å²) in [5.41, 5.74) is 1.42. The van der Waals surface area contributed by atoms with Crippen molar-refractivity contribution in [2.75, 3.05) is 12.4 Å². The largest absolute Gasteiger partial charge is 0.369 e. The Morgan fingerprint density at radius 1 is 1.58 bits per heavy atom. The van der Waals surface area contributed by atoms with Gasteiger partial charge in [-0.05, 0) is 42.1 Å². The van der Waals surface area contributed by atoms with Gasteiger partial charge in [0.05, 0.1) is 6.61 Å². The maximum absolute atomic E-state index is 5.59. The molecule has 12 heavy (non-hydrogen) atoms. The van der Waals surface area contributed by atoms with Crippen LogP contribution < -0.4 is 0 Å². The molecule has 0 aromatic carbocycles. The Labute approximate surface area is 77.9 Å². The molecule has 2 heteroatoms. The van der Waals surface area contributed by atoms with Gasteiger partial charge in [0.15, 0.2) is 0 Å². The second-order valence-corrected chi connectivity index (χ2v) is 4.05. The fourth-order valence-electron chi connectivity index (χ4n) is 1.47. The van der Waals surface area contributed by atoms with Crippen LogP contribution in [0, 0.1) is 6.08 Å². The minimum atomic E-state index is 0.173. The Morgan fingerprint density at radius 2 is 2.58 bits per heavy atom. The monoisotopic (exact) mass is 181 g/mol. The van der Waals surface area contributed by atoms with E-state index in [1.54, 1.807) is 0 Å². The van der Waals surface area contributed by atoms with Gasteiger partial charge in [-0.3, -0.25) is 0 Å². The van der Waals surface area contributed by atoms with E-state index in [0.29, 0.717) is 0 Å². The van der Waals surface area contributed by atoms with Gasteiger partial charge in [0.25, 0.3) is 0 Å². The summed E-state index contributed by atoms with van der Waals surface area (Å²) < 4.78 is 5.59. The highest BCUT2D eigenvalue weighted by molar-refractivity contribution is 8.02. The summed E-state index contributed by atoms with van der Waals surface area (Å²) in [6.07, 6.45) is 9.05. The Kier molecular flexibility index (Phi) is 2.90. The molecule has 0 aliphatic carbocycles. The Bertz CT molecular complexity index is 208. The van der Waals surface area contributed by atoms with Gasteiger partial charge in [0.1, 0.15) is 6.10 Å². The van der Waals surface area contributed by atoms with Gasteiger partial charge in [-0.1, -0.05) is 6.08 Å². The Hall–Kier alpha value is -0.210. The lowest BCUT2D eigenvalue weighted by Gasteiger charge is -2.22. The maximum Gasteiger partial charge on any atom is 0.104 e. The second-order valence-electron chi connectivity index (χ2n) is 3.08. The van der Waals surface area contributed by atoms with Gasteiger partial charge >= 0.3 is 0 Å². The van der Waals surface area contributed by atoms with Gasteiger partial charge in [-0.2, -0.15) is 0 Å². The minimum absolute atomic E-state index is 0.173. The fourth-order valence-corrected chi connectivity index (χ4v) is 2.36. The Balaban J connectivity index is 2.01. The standard InChI is InChI=1S/C10H13OS/c1-2-6-11-10(5-1)9-4-3-7-12-8-9/h1,8,10H,2-4,6-7H2. The molecule has 0 N–H and O–H groups in total. The minimum Gasteiger partial charge on any atom is -0.369 e. The number of rotatable bonds is 1. The summed E-state index contributed by atoms with van der Waals surface area (Å²) >= 11 is 1.90. The van der Waals surface area contributed by atoms with Gasteiger partial charge < -0.3 is 4.74 Å². The fraction of sp³-hybridized carbons (Fsp3) is 0.600. The number of hydrogen-bond donors (Lipinski definition) is 0. The molecule has 1 unspecified atom stereocenters. The zero-order valence-electron chi connectivity index (χ0n) is 7.08. The van der Waals surface area contributed by atoms with Crippen molar-refractivity contribution in [2.45, 2.75) is 25.4 Å². The highest BCUT2D eigenvalue weighted by Crippen LogP contribution is 2.26. The summed E-state index contributed by atoms with van der Waals surface area (Å²) in [4.78, 5) is 0. The zero-order valence-corrected chi connectivity index (χ0v) is 7.90. The lowest BCUT2D eigenvalue weighted by Crippen LogP contribution is -2.18. The zero-order chi connectivity index (χ0) is 8.23. The summed E-state index contributed by atoms with van der Waals surface area (Å²) in [6, 6.07) is 0. The second kappa shape index (κ2) is 4.15. The molecule has 2 aliphatic heterocycles. The van der Waals surface area contributed by atoms with Crippen LogP contribution >= 0.6 is 11.8 Å². The number of thioether (sulfide) groups is 1. The molecule has 65 valence electrons. The van der Waals surface area contributed by atoms with E-state index in [1.165, 1.54) is 24.2 Å². The number of ether oxygens (including phenoxy) is 1. The molecule has 0 saturated heterocycles. The molecule has 0 aromatic rings. The molecule has 2 heterocycles. The molecule has 0 bridgehead atoms. The van der Waals surface area contributed by atoms with E-state index in [0.717, 1.165) is 13.0 Å². The van der Waals surface area contributed by atoms with Gasteiger partial charge in [-0.25, -0.2) is 0 Å². The Morgan fingerprint density at radius 3 is 3.25 bits per heavy atom. The van der Waals surface area contributed by atoms with Crippen LogP contribution in [0.1, 0.15) is 19.3 Å². The van der Waals surface area contributed by atoms with Crippen molar-refractivity contribution in [2.24, 2.45) is 0 Å². The van der Waals surface area contributed by atoms with Crippen molar-refractivity contribution >= 4 is 11.8 Å². The third kappa shape index (κ3) is 1.93. The molecule has 2 aliphatic rings. The van der Waals surface area contributed by atoms with Crippen LogP contribution in [-0.2, 0) is 4.74 Å². The molecule has 0 saturated carbocycles. The first kappa shape index (κ1) is 8.39. The maximum atomic E-state index is 5.59. The van der Waals surface area contributed by atoms with E-state index in [4.69, 9.17) is 4.74 Å². The third-order valence-electron chi connectivity index (χ3n) is 2.12. The van der Waals surface area contributed by atoms with Crippen LogP contribution in [0.2, 0.25) is 0 Å². The van der Waals surface area contributed by atoms with E-state index in [2.05, 4.69) is 17.6 Å². The third-order valence-corrected chi connectivity index (χ3v) is 3.11. The molecule has 0 aromatic heterocycles. The molecule has 2 rings (SSSR count). The molecule has 1 nitrogen and oxygen atoms in total. The van der Waals surface area contributed by atoms with Gasteiger partial charge in [0.2, 0.25) is 0 Å². The predicted molar refractivity (Wildman–Crippen MR) is 51.9 cm³/mol. The van der Waals surface area contributed by atoms with Crippen molar-refractivity contribution in [1.82, 2.24) is 0 Å². The van der Waals surface area contributed by atoms with Crippen LogP contribution in [0.5, 0.6) is 0 Å². The molecular formula is C10H13OS. The van der Waals surface area contributed by atoms with E-state index in [9.17, 15) is 0 Å². The van der Waals surface area contributed by atoms with E-state index < -0.39 is 0 Å². The summed E-state index contributed by atoms with van der Waals surface area (Å²) in [5.74, 6) is 1.26. The highest BCUT2D eigenvalue weighted by atomic mass is 32.2. The van der Waals surface area contributed by atoms with Crippen LogP contribution in [0.4, 0.5) is 0 Å². The molecule has 1 radical (unpaired) electrons. The molecular weight excluding hydrogens is 168 g/mol. The summed E-state index contributed by atoms with van der Waals surface area (Å²) in [6.45, 7) is 0.861. The quantitative estimate of drug-likeness (QED) is 0.615. The lowest BCUT2D eigenvalue weighted by molar-refractivity contribution is 0.0953. The molecule has 1 atom stereocenters. The normalized spacial score (nSPS) is 30.0. The van der Waals surface area contributed by atoms with E-state index >= 15 is 0 Å². The first-order chi connectivity index (χ1) is 5.97. The van der Waals surface area contributed by atoms with Crippen LogP contribution in [0.3, 0.4) is 0 Å². The first-order valence-electron chi connectivity index (χ1n) is 4.47. The highest BCUT2D eigenvalue weighted by Gasteiger charge is 2.16. The van der Waals surface area contributed by atoms with Crippen molar-refractivity contribution in [3.8, 4) is 0 Å². The van der Waals surface area contributed by atoms with Crippen molar-refractivity contribution < 1.29 is 4.74 Å². The average Bonchev–Trinajstić information content (AvgIpc) is 2.21. The predicted octanol–water partition coefficient (Wildman–Crippen LogP) is 2.55. The SMILES string of the molecule is [C]1=CCCOC1C1=CSCCC1. The van der Waals surface area contributed by atoms with Crippen LogP contribution in [0.25, 0.3) is 0 Å². The molecule has 0 fully saturated rings. The summed E-state index contributed by atoms with van der Waals surface area (Å²) in [7, 11) is 0.